The fraction of sp³-hybridized carbons (Fsp3) is 0.448. The van der Waals surface area contributed by atoms with Crippen LogP contribution in [-0.4, -0.2) is 67.7 Å². The quantitative estimate of drug-likeness (QED) is 0.251. The number of aryl methyl sites for hydroxylation is 2. The van der Waals surface area contributed by atoms with Gasteiger partial charge < -0.3 is 36.0 Å². The number of carboxylic acids is 1. The Morgan fingerprint density at radius 2 is 1.65 bits per heavy atom. The normalized spacial score (nSPS) is 11.7. The van der Waals surface area contributed by atoms with Crippen LogP contribution in [0.25, 0.3) is 0 Å². The van der Waals surface area contributed by atoms with Crippen LogP contribution in [0.4, 0.5) is 21.0 Å². The number of amides is 5. The molecular weight excluding hydrogens is 514 g/mol. The van der Waals surface area contributed by atoms with Crippen LogP contribution >= 0.6 is 0 Å². The van der Waals surface area contributed by atoms with E-state index in [1.165, 1.54) is 12.0 Å². The summed E-state index contributed by atoms with van der Waals surface area (Å²) < 4.78 is 5.45. The number of carbonyl (C=O) groups is 4. The fourth-order valence-corrected chi connectivity index (χ4v) is 3.75. The van der Waals surface area contributed by atoms with Crippen molar-refractivity contribution in [3.63, 3.8) is 0 Å². The number of urea groups is 2. The number of para-hydroxylation sites is 1. The molecule has 0 saturated heterocycles. The zero-order chi connectivity index (χ0) is 29.9. The molecule has 0 radical (unpaired) electrons. The van der Waals surface area contributed by atoms with Crippen molar-refractivity contribution in [1.29, 1.82) is 0 Å². The third-order valence-corrected chi connectivity index (χ3v) is 6.35. The minimum atomic E-state index is -0.963. The van der Waals surface area contributed by atoms with E-state index in [1.54, 1.807) is 26.1 Å². The van der Waals surface area contributed by atoms with Crippen LogP contribution < -0.4 is 26.0 Å². The molecule has 0 aliphatic rings. The highest BCUT2D eigenvalue weighted by molar-refractivity contribution is 6.01. The number of carbonyl (C=O) groups excluding carboxylic acids is 3. The molecule has 0 aliphatic carbocycles. The predicted octanol–water partition coefficient (Wildman–Crippen LogP) is 4.08. The SMILES string of the molecule is COc1cc(CCC(=O)NCC(C)(C)CNC(=O)N(C)CC(C)C(=O)O)ccc1NC(=O)Nc1ccccc1C. The topological polar surface area (TPSA) is 149 Å². The monoisotopic (exact) mass is 555 g/mol. The highest BCUT2D eigenvalue weighted by Crippen LogP contribution is 2.26. The first-order valence-corrected chi connectivity index (χ1v) is 13.1. The summed E-state index contributed by atoms with van der Waals surface area (Å²) in [5.41, 5.74) is 2.63. The van der Waals surface area contributed by atoms with Gasteiger partial charge in [0, 0.05) is 38.8 Å². The van der Waals surface area contributed by atoms with Gasteiger partial charge in [-0.1, -0.05) is 45.0 Å². The van der Waals surface area contributed by atoms with Gasteiger partial charge in [-0.3, -0.25) is 9.59 Å². The van der Waals surface area contributed by atoms with E-state index < -0.39 is 17.3 Å². The molecule has 2 rings (SSSR count). The van der Waals surface area contributed by atoms with Crippen molar-refractivity contribution in [2.45, 2.75) is 40.5 Å². The van der Waals surface area contributed by atoms with Gasteiger partial charge in [0.1, 0.15) is 5.75 Å². The molecule has 1 atom stereocenters. The molecule has 0 bridgehead atoms. The molecule has 0 aliphatic heterocycles. The second-order valence-electron chi connectivity index (χ2n) is 10.6. The lowest BCUT2D eigenvalue weighted by atomic mass is 9.93. The number of rotatable bonds is 13. The van der Waals surface area contributed by atoms with Crippen LogP contribution in [0.3, 0.4) is 0 Å². The zero-order valence-corrected chi connectivity index (χ0v) is 24.1. The molecule has 2 aromatic rings. The molecule has 40 heavy (non-hydrogen) atoms. The number of nitrogens with zero attached hydrogens (tertiary/aromatic N) is 1. The predicted molar refractivity (Wildman–Crippen MR) is 155 cm³/mol. The summed E-state index contributed by atoms with van der Waals surface area (Å²) in [6, 6.07) is 12.1. The molecule has 0 saturated carbocycles. The van der Waals surface area contributed by atoms with Crippen molar-refractivity contribution in [1.82, 2.24) is 15.5 Å². The average Bonchev–Trinajstić information content (AvgIpc) is 2.91. The Morgan fingerprint density at radius 3 is 2.30 bits per heavy atom. The maximum absolute atomic E-state index is 12.5. The van der Waals surface area contributed by atoms with E-state index in [2.05, 4.69) is 21.3 Å². The van der Waals surface area contributed by atoms with Gasteiger partial charge in [0.05, 0.1) is 18.7 Å². The Morgan fingerprint density at radius 1 is 1.00 bits per heavy atom. The summed E-state index contributed by atoms with van der Waals surface area (Å²) >= 11 is 0. The Balaban J connectivity index is 1.81. The summed E-state index contributed by atoms with van der Waals surface area (Å²) in [5, 5.41) is 20.3. The zero-order valence-electron chi connectivity index (χ0n) is 24.1. The first kappa shape index (κ1) is 31.9. The van der Waals surface area contributed by atoms with Crippen LogP contribution in [0, 0.1) is 18.3 Å². The molecule has 0 heterocycles. The Bertz CT molecular complexity index is 1200. The lowest BCUT2D eigenvalue weighted by molar-refractivity contribution is -0.141. The van der Waals surface area contributed by atoms with Crippen LogP contribution in [0.5, 0.6) is 5.75 Å². The maximum atomic E-state index is 12.5. The lowest BCUT2D eigenvalue weighted by Crippen LogP contribution is -2.46. The molecule has 1 unspecified atom stereocenters. The molecule has 5 N–H and O–H groups in total. The summed E-state index contributed by atoms with van der Waals surface area (Å²) in [6.45, 7) is 8.04. The van der Waals surface area contributed by atoms with E-state index >= 15 is 0 Å². The third kappa shape index (κ3) is 10.5. The minimum absolute atomic E-state index is 0.0980. The second kappa shape index (κ2) is 14.8. The highest BCUT2D eigenvalue weighted by atomic mass is 16.5. The number of hydrogen-bond acceptors (Lipinski definition) is 5. The largest absolute Gasteiger partial charge is 0.495 e. The number of benzene rings is 2. The van der Waals surface area contributed by atoms with Gasteiger partial charge in [-0.05, 0) is 48.1 Å². The van der Waals surface area contributed by atoms with Crippen molar-refractivity contribution in [3.8, 4) is 5.75 Å². The molecule has 11 nitrogen and oxygen atoms in total. The van der Waals surface area contributed by atoms with Gasteiger partial charge in [0.25, 0.3) is 0 Å². The van der Waals surface area contributed by atoms with Crippen molar-refractivity contribution < 1.29 is 29.0 Å². The molecule has 11 heteroatoms. The number of aliphatic carboxylic acids is 1. The average molecular weight is 556 g/mol. The molecule has 0 fully saturated rings. The minimum Gasteiger partial charge on any atom is -0.495 e. The number of anilines is 2. The number of carboxylic acid groups (broad SMARTS) is 1. The lowest BCUT2D eigenvalue weighted by Gasteiger charge is -2.27. The van der Waals surface area contributed by atoms with Gasteiger partial charge in [0.15, 0.2) is 0 Å². The van der Waals surface area contributed by atoms with E-state index in [0.29, 0.717) is 36.6 Å². The maximum Gasteiger partial charge on any atom is 0.323 e. The number of nitrogens with one attached hydrogen (secondary N) is 4. The molecule has 0 aromatic heterocycles. The van der Waals surface area contributed by atoms with Crippen LogP contribution in [-0.2, 0) is 16.0 Å². The molecule has 5 amide bonds. The highest BCUT2D eigenvalue weighted by Gasteiger charge is 2.22. The smallest absolute Gasteiger partial charge is 0.323 e. The molecule has 218 valence electrons. The summed E-state index contributed by atoms with van der Waals surface area (Å²) in [6.07, 6.45) is 0.726. The van der Waals surface area contributed by atoms with Crippen molar-refractivity contribution in [3.05, 3.63) is 53.6 Å². The van der Waals surface area contributed by atoms with Crippen molar-refractivity contribution >= 4 is 35.3 Å². The van der Waals surface area contributed by atoms with Gasteiger partial charge in [-0.25, -0.2) is 9.59 Å². The van der Waals surface area contributed by atoms with Crippen LogP contribution in [0.15, 0.2) is 42.5 Å². The van der Waals surface area contributed by atoms with E-state index in [1.807, 2.05) is 51.1 Å². The molecule has 2 aromatic carbocycles. The third-order valence-electron chi connectivity index (χ3n) is 6.35. The van der Waals surface area contributed by atoms with Gasteiger partial charge in [-0.15, -0.1) is 0 Å². The fourth-order valence-electron chi connectivity index (χ4n) is 3.75. The number of methoxy groups -OCH3 is 1. The summed E-state index contributed by atoms with van der Waals surface area (Å²) in [7, 11) is 3.06. The van der Waals surface area contributed by atoms with Crippen LogP contribution in [0.1, 0.15) is 38.3 Å². The van der Waals surface area contributed by atoms with E-state index in [-0.39, 0.29) is 30.9 Å². The van der Waals surface area contributed by atoms with Gasteiger partial charge in [-0.2, -0.15) is 0 Å². The van der Waals surface area contributed by atoms with Gasteiger partial charge in [0.2, 0.25) is 5.91 Å². The van der Waals surface area contributed by atoms with Gasteiger partial charge >= 0.3 is 18.0 Å². The first-order chi connectivity index (χ1) is 18.8. The van der Waals surface area contributed by atoms with E-state index in [4.69, 9.17) is 9.84 Å². The Hall–Kier alpha value is -4.28. The molecule has 0 spiro atoms. The van der Waals surface area contributed by atoms with E-state index in [9.17, 15) is 19.2 Å². The summed E-state index contributed by atoms with van der Waals surface area (Å²) in [4.78, 5) is 49.6. The number of ether oxygens (including phenoxy) is 1. The first-order valence-electron chi connectivity index (χ1n) is 13.1. The second-order valence-corrected chi connectivity index (χ2v) is 10.6. The van der Waals surface area contributed by atoms with E-state index in [0.717, 1.165) is 11.1 Å². The van der Waals surface area contributed by atoms with Crippen molar-refractivity contribution in [2.24, 2.45) is 11.3 Å². The summed E-state index contributed by atoms with van der Waals surface area (Å²) in [5.74, 6) is -1.28. The Kier molecular flexibility index (Phi) is 11.8. The van der Waals surface area contributed by atoms with Crippen LogP contribution in [0.2, 0.25) is 0 Å². The standard InChI is InChI=1S/C29H41N5O6/c1-19-9-7-8-10-22(19)32-27(38)33-23-13-11-21(15-24(23)40-6)12-14-25(35)30-17-29(3,4)18-31-28(39)34(5)16-20(2)26(36)37/h7-11,13,15,20H,12,14,16-18H2,1-6H3,(H,30,35)(H,31,39)(H,36,37)(H2,32,33,38). The Labute approximate surface area is 235 Å². The van der Waals surface area contributed by atoms with Crippen molar-refractivity contribution in [2.75, 3.05) is 44.4 Å². The number of hydrogen-bond donors (Lipinski definition) is 5. The molecular formula is C29H41N5O6.